The lowest BCUT2D eigenvalue weighted by Crippen LogP contribution is -2.44. The molecule has 0 fully saturated rings. The van der Waals surface area contributed by atoms with Gasteiger partial charge in [-0.2, -0.15) is 0 Å². The van der Waals surface area contributed by atoms with Crippen LogP contribution in [-0.4, -0.2) is 27.9 Å². The number of nitrogens with zero attached hydrogens (tertiary/aromatic N) is 1. The zero-order chi connectivity index (χ0) is 19.4. The summed E-state index contributed by atoms with van der Waals surface area (Å²) in [5.41, 5.74) is -0.699. The highest BCUT2D eigenvalue weighted by atomic mass is 79.9. The van der Waals surface area contributed by atoms with Crippen LogP contribution in [0.5, 0.6) is 0 Å². The first kappa shape index (κ1) is 22.1. The number of nitrogens with one attached hydrogen (secondary N) is 1. The molecule has 7 nitrogen and oxygen atoms in total. The molecular weight excluding hydrogens is 430 g/mol. The summed E-state index contributed by atoms with van der Waals surface area (Å²) in [6.45, 7) is 8.95. The topological polar surface area (TPSA) is 111 Å². The molecule has 1 aromatic heterocycles. The maximum atomic E-state index is 12.6. The van der Waals surface area contributed by atoms with Crippen LogP contribution >= 0.6 is 27.3 Å². The predicted molar refractivity (Wildman–Crippen MR) is 103 cm³/mol. The smallest absolute Gasteiger partial charge is 0.408 e. The van der Waals surface area contributed by atoms with Crippen molar-refractivity contribution in [2.24, 2.45) is 15.4 Å². The molecule has 0 saturated heterocycles. The summed E-state index contributed by atoms with van der Waals surface area (Å²) in [6, 6.07) is 0.717. The van der Waals surface area contributed by atoms with Crippen molar-refractivity contribution in [3.8, 4) is 0 Å². The van der Waals surface area contributed by atoms with Crippen molar-refractivity contribution < 1.29 is 18.5 Å². The summed E-state index contributed by atoms with van der Waals surface area (Å²) in [5.74, 6) is -0.645. The minimum atomic E-state index is -3.39. The van der Waals surface area contributed by atoms with Gasteiger partial charge in [0.1, 0.15) is 15.9 Å². The standard InChI is InChI=1S/C15H24BrN3O4S2/c1-9(2)8-11(18-14(21)23-15(3,4)5)12(20)19-25(17,22)13-10(16)6-7-24-13/h6-7,9,11H,8H2,1-5H3,(H,18,21)(H2,17,19,20,22)/t11-,25?/m0/s1. The molecule has 0 aliphatic rings. The number of thiophene rings is 1. The van der Waals surface area contributed by atoms with E-state index in [1.165, 1.54) is 0 Å². The van der Waals surface area contributed by atoms with Crippen molar-refractivity contribution in [3.05, 3.63) is 15.9 Å². The lowest BCUT2D eigenvalue weighted by molar-refractivity contribution is -0.120. The zero-order valence-corrected chi connectivity index (χ0v) is 18.1. The Kier molecular flexibility index (Phi) is 7.60. The lowest BCUT2D eigenvalue weighted by Gasteiger charge is -2.23. The highest BCUT2D eigenvalue weighted by molar-refractivity contribution is 9.10. The first-order chi connectivity index (χ1) is 11.3. The first-order valence-electron chi connectivity index (χ1n) is 7.63. The van der Waals surface area contributed by atoms with Crippen LogP contribution in [0, 0.1) is 5.92 Å². The average molecular weight is 454 g/mol. The number of alkyl carbamates (subject to hydrolysis) is 1. The van der Waals surface area contributed by atoms with Gasteiger partial charge in [-0.25, -0.2) is 14.1 Å². The van der Waals surface area contributed by atoms with E-state index in [2.05, 4.69) is 25.6 Å². The number of hydrogen-bond donors (Lipinski definition) is 2. The van der Waals surface area contributed by atoms with Gasteiger partial charge in [-0.15, -0.1) is 15.7 Å². The van der Waals surface area contributed by atoms with Crippen LogP contribution < -0.4 is 10.5 Å². The maximum absolute atomic E-state index is 12.6. The summed E-state index contributed by atoms with van der Waals surface area (Å²) >= 11 is 4.37. The monoisotopic (exact) mass is 453 g/mol. The SMILES string of the molecule is CC(C)C[C@H](NC(=O)OC(C)(C)C)C(=O)N=S(N)(=O)c1sccc1Br. The van der Waals surface area contributed by atoms with Gasteiger partial charge in [0.15, 0.2) is 9.92 Å². The molecule has 0 aliphatic carbocycles. The van der Waals surface area contributed by atoms with Crippen LogP contribution in [0.2, 0.25) is 0 Å². The molecule has 2 amide bonds. The highest BCUT2D eigenvalue weighted by Gasteiger charge is 2.27. The molecular formula is C15H24BrN3O4S2. The normalized spacial score (nSPS) is 15.4. The van der Waals surface area contributed by atoms with Gasteiger partial charge in [-0.1, -0.05) is 13.8 Å². The van der Waals surface area contributed by atoms with Gasteiger partial charge in [0.2, 0.25) is 0 Å². The Morgan fingerprint density at radius 1 is 1.44 bits per heavy atom. The van der Waals surface area contributed by atoms with Gasteiger partial charge in [-0.3, -0.25) is 4.79 Å². The molecule has 10 heteroatoms. The van der Waals surface area contributed by atoms with Crippen LogP contribution in [0.25, 0.3) is 0 Å². The molecule has 0 bridgehead atoms. The summed E-state index contributed by atoms with van der Waals surface area (Å²) in [4.78, 5) is 24.5. The van der Waals surface area contributed by atoms with E-state index in [-0.39, 0.29) is 10.1 Å². The number of nitrogens with two attached hydrogens (primary N) is 1. The van der Waals surface area contributed by atoms with Crippen molar-refractivity contribution in [2.75, 3.05) is 0 Å². The van der Waals surface area contributed by atoms with Crippen molar-refractivity contribution in [1.29, 1.82) is 0 Å². The molecule has 142 valence electrons. The van der Waals surface area contributed by atoms with Crippen LogP contribution in [0.15, 0.2) is 24.5 Å². The molecule has 1 rings (SSSR count). The Bertz CT molecular complexity index is 746. The van der Waals surface area contributed by atoms with Gasteiger partial charge >= 0.3 is 6.09 Å². The van der Waals surface area contributed by atoms with Crippen molar-refractivity contribution in [2.45, 2.75) is 56.9 Å². The number of ether oxygens (including phenoxy) is 1. The second kappa shape index (κ2) is 8.61. The number of halogens is 1. The van der Waals surface area contributed by atoms with E-state index in [1.807, 2.05) is 13.8 Å². The van der Waals surface area contributed by atoms with Crippen LogP contribution in [-0.2, 0) is 19.4 Å². The minimum absolute atomic E-state index is 0.0985. The summed E-state index contributed by atoms with van der Waals surface area (Å²) < 4.78 is 22.3. The third-order valence-corrected chi connectivity index (χ3v) is 6.87. The first-order valence-corrected chi connectivity index (χ1v) is 10.9. The van der Waals surface area contributed by atoms with E-state index in [0.717, 1.165) is 11.3 Å². The molecule has 0 aliphatic heterocycles. The Morgan fingerprint density at radius 2 is 2.04 bits per heavy atom. The van der Waals surface area contributed by atoms with Gasteiger partial charge in [0, 0.05) is 4.47 Å². The summed E-state index contributed by atoms with van der Waals surface area (Å²) in [6.07, 6.45) is -0.412. The van der Waals surface area contributed by atoms with Crippen LogP contribution in [0.3, 0.4) is 0 Å². The fraction of sp³-hybridized carbons (Fsp3) is 0.600. The third kappa shape index (κ3) is 7.43. The number of rotatable bonds is 5. The van der Waals surface area contributed by atoms with Gasteiger partial charge in [0.25, 0.3) is 5.91 Å². The van der Waals surface area contributed by atoms with Crippen molar-refractivity contribution in [1.82, 2.24) is 5.32 Å². The molecule has 3 N–H and O–H groups in total. The van der Waals surface area contributed by atoms with Gasteiger partial charge in [-0.05, 0) is 60.5 Å². The molecule has 0 saturated carbocycles. The molecule has 1 heterocycles. The number of amides is 2. The molecule has 1 unspecified atom stereocenters. The minimum Gasteiger partial charge on any atom is -0.444 e. The van der Waals surface area contributed by atoms with Gasteiger partial charge in [0.05, 0.1) is 0 Å². The van der Waals surface area contributed by atoms with E-state index < -0.39 is 33.6 Å². The average Bonchev–Trinajstić information content (AvgIpc) is 2.81. The largest absolute Gasteiger partial charge is 0.444 e. The van der Waals surface area contributed by atoms with E-state index in [0.29, 0.717) is 10.9 Å². The van der Waals surface area contributed by atoms with E-state index in [4.69, 9.17) is 9.88 Å². The summed E-state index contributed by atoms with van der Waals surface area (Å²) in [5, 5.41) is 9.95. The van der Waals surface area contributed by atoms with E-state index in [9.17, 15) is 13.8 Å². The Labute approximate surface area is 161 Å². The molecule has 0 spiro atoms. The Morgan fingerprint density at radius 3 is 2.48 bits per heavy atom. The second-order valence-electron chi connectivity index (χ2n) is 6.88. The molecule has 0 radical (unpaired) electrons. The van der Waals surface area contributed by atoms with Crippen molar-refractivity contribution >= 4 is 49.2 Å². The number of carbonyl (C=O) groups excluding carboxylic acids is 2. The lowest BCUT2D eigenvalue weighted by atomic mass is 10.0. The Hall–Kier alpha value is -0.970. The van der Waals surface area contributed by atoms with Gasteiger partial charge < -0.3 is 10.1 Å². The molecule has 0 aromatic carbocycles. The zero-order valence-electron chi connectivity index (χ0n) is 14.9. The third-order valence-electron chi connectivity index (χ3n) is 2.77. The second-order valence-corrected chi connectivity index (χ2v) is 10.6. The fourth-order valence-corrected chi connectivity index (χ4v) is 5.32. The molecule has 25 heavy (non-hydrogen) atoms. The maximum Gasteiger partial charge on any atom is 0.408 e. The summed E-state index contributed by atoms with van der Waals surface area (Å²) in [7, 11) is -3.39. The quantitative estimate of drug-likeness (QED) is 0.707. The molecule has 2 atom stereocenters. The van der Waals surface area contributed by atoms with E-state index in [1.54, 1.807) is 32.2 Å². The predicted octanol–water partition coefficient (Wildman–Crippen LogP) is 3.68. The molecule has 1 aromatic rings. The number of hydrogen-bond acceptors (Lipinski definition) is 5. The fourth-order valence-electron chi connectivity index (χ4n) is 1.87. The highest BCUT2D eigenvalue weighted by Crippen LogP contribution is 2.27. The van der Waals surface area contributed by atoms with Crippen LogP contribution in [0.1, 0.15) is 41.0 Å². The Balaban J connectivity index is 3.05. The van der Waals surface area contributed by atoms with Crippen molar-refractivity contribution in [3.63, 3.8) is 0 Å². The number of carbonyl (C=O) groups is 2. The van der Waals surface area contributed by atoms with Crippen LogP contribution in [0.4, 0.5) is 4.79 Å². The van der Waals surface area contributed by atoms with E-state index >= 15 is 0 Å².